The Labute approximate surface area is 206 Å². The smallest absolute Gasteiger partial charge is 0.299 e. The highest BCUT2D eigenvalue weighted by Gasteiger charge is 2.40. The van der Waals surface area contributed by atoms with Crippen LogP contribution in [0.5, 0.6) is 0 Å². The van der Waals surface area contributed by atoms with E-state index in [0.717, 1.165) is 12.1 Å². The van der Waals surface area contributed by atoms with Gasteiger partial charge in [0.05, 0.1) is 15.7 Å². The van der Waals surface area contributed by atoms with Gasteiger partial charge in [0.15, 0.2) is 0 Å². The highest BCUT2D eigenvalue weighted by Crippen LogP contribution is 2.34. The molecule has 1 saturated heterocycles. The minimum absolute atomic E-state index is 0.0378. The van der Waals surface area contributed by atoms with Crippen molar-refractivity contribution in [3.63, 3.8) is 0 Å². The molecule has 0 amide bonds. The maximum absolute atomic E-state index is 13.8. The predicted molar refractivity (Wildman–Crippen MR) is 128 cm³/mol. The maximum atomic E-state index is 13.8. The lowest BCUT2D eigenvalue weighted by atomic mass is 9.96. The van der Waals surface area contributed by atoms with Crippen molar-refractivity contribution in [3.05, 3.63) is 95.1 Å². The Hall–Kier alpha value is -3.04. The van der Waals surface area contributed by atoms with E-state index in [0.29, 0.717) is 30.8 Å². The van der Waals surface area contributed by atoms with Gasteiger partial charge in [0, 0.05) is 18.2 Å². The van der Waals surface area contributed by atoms with Crippen molar-refractivity contribution in [3.8, 4) is 0 Å². The van der Waals surface area contributed by atoms with Gasteiger partial charge >= 0.3 is 6.18 Å². The molecule has 0 aromatic heterocycles. The normalized spacial score (nSPS) is 16.0. The molecule has 3 aromatic carbocycles. The van der Waals surface area contributed by atoms with E-state index < -0.39 is 33.6 Å². The Morgan fingerprint density at radius 3 is 2.19 bits per heavy atom. The molecule has 0 aliphatic carbocycles. The summed E-state index contributed by atoms with van der Waals surface area (Å²) >= 11 is 0. The van der Waals surface area contributed by atoms with Gasteiger partial charge in [0.2, 0.25) is 9.84 Å². The number of hydrogen-bond donors (Lipinski definition) is 0. The first kappa shape index (κ1) is 26.0. The number of benzene rings is 3. The van der Waals surface area contributed by atoms with Crippen molar-refractivity contribution in [1.82, 2.24) is 4.90 Å². The lowest BCUT2D eigenvalue weighted by molar-refractivity contribution is -0.185. The van der Waals surface area contributed by atoms with Crippen molar-refractivity contribution < 1.29 is 30.4 Å². The standard InChI is InChI=1S/C27H24F5NO2S/c28-23-9-8-21(26(29)17-23)7-4-19-5-10-24(11-6-19)36(34,35)25-3-1-2-20(16-25)18-33-14-12-22(13-15-33)27(30,31)32/h1-11,16-17,22H,12-15,18H2. The van der Waals surface area contributed by atoms with Crippen LogP contribution in [0.25, 0.3) is 12.2 Å². The van der Waals surface area contributed by atoms with E-state index in [1.54, 1.807) is 36.4 Å². The SMILES string of the molecule is O=S(=O)(c1ccc(C=Cc2ccc(F)cc2F)cc1)c1cccc(CN2CCC(C(F)(F)F)CC2)c1. The molecular weight excluding hydrogens is 497 g/mol. The van der Waals surface area contributed by atoms with Crippen molar-refractivity contribution in [2.45, 2.75) is 35.4 Å². The van der Waals surface area contributed by atoms with Crippen LogP contribution in [0.3, 0.4) is 0 Å². The molecule has 1 aliphatic heterocycles. The molecule has 0 N–H and O–H groups in total. The number of sulfone groups is 1. The summed E-state index contributed by atoms with van der Waals surface area (Å²) in [6.45, 7) is 0.980. The predicted octanol–water partition coefficient (Wildman–Crippen LogP) is 6.74. The molecule has 0 atom stereocenters. The third kappa shape index (κ3) is 6.20. The lowest BCUT2D eigenvalue weighted by Crippen LogP contribution is -2.38. The molecule has 0 unspecified atom stereocenters. The van der Waals surface area contributed by atoms with Crippen LogP contribution in [0.2, 0.25) is 0 Å². The van der Waals surface area contributed by atoms with Crippen LogP contribution in [-0.4, -0.2) is 32.6 Å². The van der Waals surface area contributed by atoms with Crippen LogP contribution in [0.15, 0.2) is 76.5 Å². The number of hydrogen-bond acceptors (Lipinski definition) is 3. The van der Waals surface area contributed by atoms with Crippen molar-refractivity contribution in [1.29, 1.82) is 0 Å². The highest BCUT2D eigenvalue weighted by molar-refractivity contribution is 7.91. The van der Waals surface area contributed by atoms with Crippen LogP contribution in [0.1, 0.15) is 29.5 Å². The molecule has 4 rings (SSSR count). The zero-order valence-corrected chi connectivity index (χ0v) is 20.0. The Balaban J connectivity index is 1.44. The van der Waals surface area contributed by atoms with Crippen molar-refractivity contribution >= 4 is 22.0 Å². The molecule has 1 aliphatic rings. The second-order valence-electron chi connectivity index (χ2n) is 8.81. The fourth-order valence-corrected chi connectivity index (χ4v) is 5.54. The van der Waals surface area contributed by atoms with Gasteiger partial charge in [-0.3, -0.25) is 4.90 Å². The van der Waals surface area contributed by atoms with Gasteiger partial charge in [-0.05, 0) is 73.5 Å². The fraction of sp³-hybridized carbons (Fsp3) is 0.259. The first-order chi connectivity index (χ1) is 17.0. The summed E-state index contributed by atoms with van der Waals surface area (Å²) in [5.41, 5.74) is 1.55. The monoisotopic (exact) mass is 521 g/mol. The van der Waals surface area contributed by atoms with Crippen LogP contribution in [-0.2, 0) is 16.4 Å². The molecule has 0 saturated carbocycles. The summed E-state index contributed by atoms with van der Waals surface area (Å²) in [5, 5.41) is 0. The molecule has 36 heavy (non-hydrogen) atoms. The van der Waals surface area contributed by atoms with Crippen LogP contribution >= 0.6 is 0 Å². The topological polar surface area (TPSA) is 37.4 Å². The third-order valence-electron chi connectivity index (χ3n) is 6.27. The molecule has 0 radical (unpaired) electrons. The van der Waals surface area contributed by atoms with Gasteiger partial charge in [-0.2, -0.15) is 13.2 Å². The van der Waals surface area contributed by atoms with Gasteiger partial charge in [-0.1, -0.05) is 36.4 Å². The molecule has 190 valence electrons. The van der Waals surface area contributed by atoms with Gasteiger partial charge < -0.3 is 0 Å². The number of piperidine rings is 1. The average molecular weight is 522 g/mol. The quantitative estimate of drug-likeness (QED) is 0.266. The molecule has 0 spiro atoms. The number of likely N-dealkylation sites (tertiary alicyclic amines) is 1. The summed E-state index contributed by atoms with van der Waals surface area (Å²) in [5.74, 6) is -2.66. The van der Waals surface area contributed by atoms with Gasteiger partial charge in [0.1, 0.15) is 11.6 Å². The first-order valence-corrected chi connectivity index (χ1v) is 12.9. The van der Waals surface area contributed by atoms with E-state index in [-0.39, 0.29) is 28.2 Å². The largest absolute Gasteiger partial charge is 0.391 e. The number of alkyl halides is 3. The lowest BCUT2D eigenvalue weighted by Gasteiger charge is -2.32. The van der Waals surface area contributed by atoms with Gasteiger partial charge in [-0.15, -0.1) is 0 Å². The zero-order valence-electron chi connectivity index (χ0n) is 19.2. The maximum Gasteiger partial charge on any atom is 0.391 e. The second-order valence-corrected chi connectivity index (χ2v) is 10.8. The third-order valence-corrected chi connectivity index (χ3v) is 8.04. The number of rotatable bonds is 6. The van der Waals surface area contributed by atoms with E-state index in [1.807, 2.05) is 4.90 Å². The van der Waals surface area contributed by atoms with Crippen molar-refractivity contribution in [2.24, 2.45) is 5.92 Å². The summed E-state index contributed by atoms with van der Waals surface area (Å²) in [6, 6.07) is 15.7. The van der Waals surface area contributed by atoms with Crippen LogP contribution in [0, 0.1) is 17.6 Å². The summed E-state index contributed by atoms with van der Waals surface area (Å²) in [6.07, 6.45) is -1.04. The molecule has 9 heteroatoms. The molecule has 3 aromatic rings. The molecule has 0 bridgehead atoms. The highest BCUT2D eigenvalue weighted by atomic mass is 32.2. The molecule has 1 heterocycles. The minimum Gasteiger partial charge on any atom is -0.299 e. The van der Waals surface area contributed by atoms with Crippen molar-refractivity contribution in [2.75, 3.05) is 13.1 Å². The van der Waals surface area contributed by atoms with Gasteiger partial charge in [0.25, 0.3) is 0 Å². The Kier molecular flexibility index (Phi) is 7.61. The van der Waals surface area contributed by atoms with E-state index in [9.17, 15) is 30.4 Å². The van der Waals surface area contributed by atoms with Crippen LogP contribution in [0.4, 0.5) is 22.0 Å². The Bertz CT molecular complexity index is 1340. The minimum atomic E-state index is -4.18. The number of nitrogens with zero attached hydrogens (tertiary/aromatic N) is 1. The number of halogens is 5. The summed E-state index contributed by atoms with van der Waals surface area (Å²) in [7, 11) is -3.82. The molecule has 3 nitrogen and oxygen atoms in total. The second kappa shape index (κ2) is 10.5. The molecular formula is C27H24F5NO2S. The summed E-state index contributed by atoms with van der Waals surface area (Å²) < 4.78 is 91.8. The fourth-order valence-electron chi connectivity index (χ4n) is 4.20. The molecule has 1 fully saturated rings. The van der Waals surface area contributed by atoms with Crippen LogP contribution < -0.4 is 0 Å². The summed E-state index contributed by atoms with van der Waals surface area (Å²) in [4.78, 5) is 2.08. The first-order valence-electron chi connectivity index (χ1n) is 11.4. The average Bonchev–Trinajstić information content (AvgIpc) is 2.84. The van der Waals surface area contributed by atoms with E-state index >= 15 is 0 Å². The van der Waals surface area contributed by atoms with Gasteiger partial charge in [-0.25, -0.2) is 17.2 Å². The van der Waals surface area contributed by atoms with E-state index in [2.05, 4.69) is 0 Å². The van der Waals surface area contributed by atoms with E-state index in [1.165, 1.54) is 30.3 Å². The Morgan fingerprint density at radius 1 is 0.861 bits per heavy atom. The zero-order chi connectivity index (χ0) is 25.9. The van der Waals surface area contributed by atoms with E-state index in [4.69, 9.17) is 0 Å². The Morgan fingerprint density at radius 2 is 1.56 bits per heavy atom.